The van der Waals surface area contributed by atoms with Crippen LogP contribution in [0.5, 0.6) is 0 Å². The highest BCUT2D eigenvalue weighted by Gasteiger charge is 2.50. The number of methoxy groups -OCH3 is 2. The molecule has 1 heterocycles. The van der Waals surface area contributed by atoms with Crippen molar-refractivity contribution in [3.8, 4) is 0 Å². The summed E-state index contributed by atoms with van der Waals surface area (Å²) in [6.07, 6.45) is 1.15. The summed E-state index contributed by atoms with van der Waals surface area (Å²) in [7, 11) is -0.596. The molecule has 7 nitrogen and oxygen atoms in total. The Balaban J connectivity index is 3.05. The van der Waals surface area contributed by atoms with Gasteiger partial charge in [0.2, 0.25) is 0 Å². The molecule has 0 atom stereocenters. The van der Waals surface area contributed by atoms with Crippen molar-refractivity contribution in [1.29, 1.82) is 0 Å². The van der Waals surface area contributed by atoms with Gasteiger partial charge in [-0.1, -0.05) is 0 Å². The second kappa shape index (κ2) is 6.83. The number of nitrogens with zero attached hydrogens (tertiary/aromatic N) is 1. The van der Waals surface area contributed by atoms with E-state index in [4.69, 9.17) is 18.5 Å². The van der Waals surface area contributed by atoms with Gasteiger partial charge >= 0.3 is 7.60 Å². The molecule has 0 aromatic rings. The molecule has 0 saturated carbocycles. The van der Waals surface area contributed by atoms with Crippen LogP contribution in [0.4, 0.5) is 0 Å². The minimum atomic E-state index is -3.43. The van der Waals surface area contributed by atoms with Gasteiger partial charge in [0.1, 0.15) is 6.29 Å². The molecule has 0 unspecified atom stereocenters. The molecular weight excluding hydrogens is 285 g/mol. The van der Waals surface area contributed by atoms with Crippen LogP contribution in [0.1, 0.15) is 20.8 Å². The fraction of sp³-hybridized carbons (Fsp3) is 0.750. The van der Waals surface area contributed by atoms with E-state index in [1.165, 1.54) is 25.2 Å². The lowest BCUT2D eigenvalue weighted by atomic mass is 10.2. The zero-order valence-corrected chi connectivity index (χ0v) is 13.4. The number of amides is 1. The first-order valence-electron chi connectivity index (χ1n) is 6.38. The highest BCUT2D eigenvalue weighted by atomic mass is 31.2. The van der Waals surface area contributed by atoms with Gasteiger partial charge in [-0.25, -0.2) is 0 Å². The molecule has 0 aliphatic carbocycles. The highest BCUT2D eigenvalue weighted by Crippen LogP contribution is 2.51. The minimum Gasteiger partial charge on any atom is -0.332 e. The summed E-state index contributed by atoms with van der Waals surface area (Å²) in [4.78, 5) is 13.3. The monoisotopic (exact) mass is 307 g/mol. The summed E-state index contributed by atoms with van der Waals surface area (Å²) in [6, 6.07) is 0. The van der Waals surface area contributed by atoms with Crippen molar-refractivity contribution in [3.63, 3.8) is 0 Å². The molecule has 0 bridgehead atoms. The van der Waals surface area contributed by atoms with Crippen LogP contribution in [0, 0.1) is 0 Å². The standard InChI is InChI=1S/C12H22NO6P/c1-6-18-20(15,19-7-2)9-13-11(14)8-10(3)12(13,16-4)17-5/h8H,6-7,9H2,1-5H3. The number of carbonyl (C=O) groups is 1. The van der Waals surface area contributed by atoms with E-state index in [-0.39, 0.29) is 25.4 Å². The third-order valence-corrected chi connectivity index (χ3v) is 4.91. The van der Waals surface area contributed by atoms with E-state index in [9.17, 15) is 9.36 Å². The van der Waals surface area contributed by atoms with Crippen LogP contribution in [0.2, 0.25) is 0 Å². The highest BCUT2D eigenvalue weighted by molar-refractivity contribution is 7.53. The zero-order chi connectivity index (χ0) is 15.4. The van der Waals surface area contributed by atoms with Crippen LogP contribution in [-0.2, 0) is 27.9 Å². The van der Waals surface area contributed by atoms with Gasteiger partial charge in [-0.15, -0.1) is 0 Å². The Bertz CT molecular complexity index is 422. The number of carbonyl (C=O) groups excluding carboxylic acids is 1. The SMILES string of the molecule is CCOP(=O)(CN1C(=O)C=C(C)C1(OC)OC)OCC. The molecule has 0 aromatic carbocycles. The Morgan fingerprint density at radius 2 is 1.70 bits per heavy atom. The van der Waals surface area contributed by atoms with Gasteiger partial charge < -0.3 is 18.5 Å². The molecule has 20 heavy (non-hydrogen) atoms. The summed E-state index contributed by atoms with van der Waals surface area (Å²) >= 11 is 0. The first-order chi connectivity index (χ1) is 9.39. The molecule has 0 aromatic heterocycles. The molecule has 1 aliphatic heterocycles. The Labute approximate surface area is 119 Å². The Morgan fingerprint density at radius 3 is 2.10 bits per heavy atom. The predicted octanol–water partition coefficient (Wildman–Crippen LogP) is 1.95. The second-order valence-corrected chi connectivity index (χ2v) is 6.19. The molecule has 8 heteroatoms. The molecule has 0 N–H and O–H groups in total. The maximum atomic E-state index is 12.6. The van der Waals surface area contributed by atoms with Gasteiger partial charge in [-0.2, -0.15) is 0 Å². The summed E-state index contributed by atoms with van der Waals surface area (Å²) in [5.74, 6) is -1.72. The summed E-state index contributed by atoms with van der Waals surface area (Å²) in [6.45, 7) is 5.57. The van der Waals surface area contributed by atoms with Gasteiger partial charge in [0.05, 0.1) is 13.2 Å². The van der Waals surface area contributed by atoms with E-state index in [1.807, 2.05) is 0 Å². The molecular formula is C12H22NO6P. The maximum Gasteiger partial charge on any atom is 0.350 e. The fourth-order valence-corrected chi connectivity index (χ4v) is 3.88. The molecule has 0 fully saturated rings. The lowest BCUT2D eigenvalue weighted by Gasteiger charge is -2.37. The summed E-state index contributed by atoms with van der Waals surface area (Å²) in [5, 5.41) is 0. The number of hydrogen-bond donors (Lipinski definition) is 0. The van der Waals surface area contributed by atoms with Crippen molar-refractivity contribution in [2.24, 2.45) is 0 Å². The summed E-state index contributed by atoms with van der Waals surface area (Å²) in [5.41, 5.74) is 0.576. The van der Waals surface area contributed by atoms with E-state index in [0.717, 1.165) is 0 Å². The van der Waals surface area contributed by atoms with Crippen LogP contribution in [0.3, 0.4) is 0 Å². The smallest absolute Gasteiger partial charge is 0.332 e. The summed E-state index contributed by atoms with van der Waals surface area (Å²) < 4.78 is 33.6. The lowest BCUT2D eigenvalue weighted by Crippen LogP contribution is -2.51. The molecule has 1 amide bonds. The first-order valence-corrected chi connectivity index (χ1v) is 8.10. The van der Waals surface area contributed by atoms with Crippen molar-refractivity contribution < 1.29 is 27.9 Å². The quantitative estimate of drug-likeness (QED) is 0.504. The zero-order valence-electron chi connectivity index (χ0n) is 12.5. The molecule has 1 aliphatic rings. The fourth-order valence-electron chi connectivity index (χ4n) is 2.19. The maximum absolute atomic E-state index is 12.6. The van der Waals surface area contributed by atoms with Gasteiger partial charge in [0, 0.05) is 25.9 Å². The van der Waals surface area contributed by atoms with Crippen LogP contribution in [0.15, 0.2) is 11.6 Å². The first kappa shape index (κ1) is 17.3. The average molecular weight is 307 g/mol. The largest absolute Gasteiger partial charge is 0.350 e. The van der Waals surface area contributed by atoms with E-state index in [2.05, 4.69) is 0 Å². The van der Waals surface area contributed by atoms with E-state index >= 15 is 0 Å². The van der Waals surface area contributed by atoms with Crippen molar-refractivity contribution in [2.75, 3.05) is 33.7 Å². The minimum absolute atomic E-state index is 0.221. The van der Waals surface area contributed by atoms with Crippen molar-refractivity contribution in [2.45, 2.75) is 26.7 Å². The molecule has 0 spiro atoms. The Hall–Kier alpha value is -0.720. The molecule has 1 rings (SSSR count). The van der Waals surface area contributed by atoms with Crippen molar-refractivity contribution >= 4 is 13.5 Å². The number of ether oxygens (including phenoxy) is 2. The van der Waals surface area contributed by atoms with Crippen molar-refractivity contribution in [3.05, 3.63) is 11.6 Å². The van der Waals surface area contributed by atoms with Crippen LogP contribution < -0.4 is 0 Å². The lowest BCUT2D eigenvalue weighted by molar-refractivity contribution is -0.251. The molecule has 0 radical (unpaired) electrons. The number of rotatable bonds is 8. The number of hydrogen-bond acceptors (Lipinski definition) is 6. The van der Waals surface area contributed by atoms with E-state index in [1.54, 1.807) is 20.8 Å². The third kappa shape index (κ3) is 3.13. The molecule has 116 valence electrons. The normalized spacial score (nSPS) is 18.6. The van der Waals surface area contributed by atoms with Crippen LogP contribution >= 0.6 is 7.60 Å². The van der Waals surface area contributed by atoms with Gasteiger partial charge in [-0.05, 0) is 20.8 Å². The Morgan fingerprint density at radius 1 is 1.20 bits per heavy atom. The van der Waals surface area contributed by atoms with Crippen molar-refractivity contribution in [1.82, 2.24) is 4.90 Å². The van der Waals surface area contributed by atoms with Gasteiger partial charge in [0.25, 0.3) is 11.8 Å². The topological polar surface area (TPSA) is 74.3 Å². The van der Waals surface area contributed by atoms with Crippen LogP contribution in [-0.4, -0.2) is 50.4 Å². The average Bonchev–Trinajstić information content (AvgIpc) is 2.61. The van der Waals surface area contributed by atoms with Gasteiger partial charge in [0.15, 0.2) is 0 Å². The van der Waals surface area contributed by atoms with Crippen LogP contribution in [0.25, 0.3) is 0 Å². The van der Waals surface area contributed by atoms with Gasteiger partial charge in [-0.3, -0.25) is 14.3 Å². The van der Waals surface area contributed by atoms with E-state index < -0.39 is 13.5 Å². The van der Waals surface area contributed by atoms with E-state index in [0.29, 0.717) is 5.57 Å². The second-order valence-electron chi connectivity index (χ2n) is 4.17. The third-order valence-electron chi connectivity index (χ3n) is 2.98. The Kier molecular flexibility index (Phi) is 5.91. The predicted molar refractivity (Wildman–Crippen MR) is 73.1 cm³/mol. The molecule has 0 saturated heterocycles.